The summed E-state index contributed by atoms with van der Waals surface area (Å²) in [5, 5.41) is 5.56. The minimum absolute atomic E-state index is 0.0629. The lowest BCUT2D eigenvalue weighted by Gasteiger charge is -2.17. The van der Waals surface area contributed by atoms with Crippen LogP contribution in [0.15, 0.2) is 48.5 Å². The molecule has 2 N–H and O–H groups in total. The number of hydrogen-bond donors (Lipinski definition) is 2. The molecule has 1 heterocycles. The Hall–Kier alpha value is -3.22. The molecule has 1 atom stereocenters. The molecule has 0 spiro atoms. The number of benzene rings is 2. The first-order valence-corrected chi connectivity index (χ1v) is 9.23. The van der Waals surface area contributed by atoms with Crippen molar-refractivity contribution in [1.82, 2.24) is 5.32 Å². The van der Waals surface area contributed by atoms with Gasteiger partial charge in [0.05, 0.1) is 17.2 Å². The van der Waals surface area contributed by atoms with Crippen LogP contribution in [-0.2, 0) is 9.59 Å². The van der Waals surface area contributed by atoms with Crippen LogP contribution >= 0.6 is 0 Å². The second-order valence-corrected chi connectivity index (χ2v) is 6.67. The van der Waals surface area contributed by atoms with Crippen molar-refractivity contribution < 1.29 is 18.8 Å². The smallest absolute Gasteiger partial charge is 0.253 e. The van der Waals surface area contributed by atoms with E-state index in [9.17, 15) is 18.8 Å². The second kappa shape index (κ2) is 8.65. The number of carbonyl (C=O) groups excluding carboxylic acids is 3. The topological polar surface area (TPSA) is 78.5 Å². The molecule has 0 aliphatic carbocycles. The van der Waals surface area contributed by atoms with E-state index in [0.29, 0.717) is 23.5 Å². The standard InChI is InChI=1S/C21H22FN3O3/c1-2-11-23-21(28)17-5-3-4-6-18(17)24-20(27)14-12-19(26)25(13-14)16-9-7-15(22)8-10-16/h3-10,14H,2,11-13H2,1H3,(H,23,28)(H,24,27)/t14-/m0/s1. The summed E-state index contributed by atoms with van der Waals surface area (Å²) in [5.41, 5.74) is 1.35. The molecule has 1 saturated heterocycles. The molecule has 146 valence electrons. The van der Waals surface area contributed by atoms with E-state index in [1.54, 1.807) is 24.3 Å². The molecule has 2 aromatic rings. The highest BCUT2D eigenvalue weighted by Gasteiger charge is 2.35. The van der Waals surface area contributed by atoms with Gasteiger partial charge in [0.15, 0.2) is 0 Å². The highest BCUT2D eigenvalue weighted by atomic mass is 19.1. The van der Waals surface area contributed by atoms with Crippen molar-refractivity contribution in [2.24, 2.45) is 5.92 Å². The van der Waals surface area contributed by atoms with Crippen molar-refractivity contribution in [2.75, 3.05) is 23.3 Å². The monoisotopic (exact) mass is 383 g/mol. The van der Waals surface area contributed by atoms with E-state index in [2.05, 4.69) is 10.6 Å². The fraction of sp³-hybridized carbons (Fsp3) is 0.286. The maximum atomic E-state index is 13.1. The third-order valence-corrected chi connectivity index (χ3v) is 4.60. The van der Waals surface area contributed by atoms with Gasteiger partial charge in [-0.25, -0.2) is 4.39 Å². The van der Waals surface area contributed by atoms with Crippen molar-refractivity contribution in [3.8, 4) is 0 Å². The van der Waals surface area contributed by atoms with Gasteiger partial charge in [-0.3, -0.25) is 14.4 Å². The lowest BCUT2D eigenvalue weighted by molar-refractivity contribution is -0.122. The molecule has 1 aliphatic heterocycles. The maximum Gasteiger partial charge on any atom is 0.253 e. The first-order chi connectivity index (χ1) is 13.5. The van der Waals surface area contributed by atoms with Crippen molar-refractivity contribution in [3.05, 3.63) is 59.9 Å². The Morgan fingerprint density at radius 3 is 2.57 bits per heavy atom. The van der Waals surface area contributed by atoms with Crippen LogP contribution in [0.1, 0.15) is 30.1 Å². The number of amides is 3. The number of rotatable bonds is 6. The summed E-state index contributed by atoms with van der Waals surface area (Å²) in [6, 6.07) is 12.4. The first-order valence-electron chi connectivity index (χ1n) is 9.23. The molecule has 3 rings (SSSR count). The third kappa shape index (κ3) is 4.36. The maximum absolute atomic E-state index is 13.1. The highest BCUT2D eigenvalue weighted by Crippen LogP contribution is 2.26. The summed E-state index contributed by atoms with van der Waals surface area (Å²) in [6.07, 6.45) is 0.872. The zero-order valence-corrected chi connectivity index (χ0v) is 15.6. The summed E-state index contributed by atoms with van der Waals surface area (Å²) in [5.74, 6) is -1.71. The fourth-order valence-electron chi connectivity index (χ4n) is 3.11. The van der Waals surface area contributed by atoms with Crippen molar-refractivity contribution in [1.29, 1.82) is 0 Å². The zero-order chi connectivity index (χ0) is 20.1. The lowest BCUT2D eigenvalue weighted by Crippen LogP contribution is -2.29. The first kappa shape index (κ1) is 19.5. The lowest BCUT2D eigenvalue weighted by atomic mass is 10.1. The summed E-state index contributed by atoms with van der Waals surface area (Å²) in [4.78, 5) is 38.8. The van der Waals surface area contributed by atoms with Gasteiger partial charge in [-0.15, -0.1) is 0 Å². The van der Waals surface area contributed by atoms with Crippen LogP contribution in [0.4, 0.5) is 15.8 Å². The molecule has 0 bridgehead atoms. The van der Waals surface area contributed by atoms with E-state index in [1.165, 1.54) is 29.2 Å². The third-order valence-electron chi connectivity index (χ3n) is 4.60. The average Bonchev–Trinajstić information content (AvgIpc) is 3.09. The molecule has 3 amide bonds. The average molecular weight is 383 g/mol. The minimum atomic E-state index is -0.552. The molecule has 2 aromatic carbocycles. The van der Waals surface area contributed by atoms with Crippen LogP contribution in [0.25, 0.3) is 0 Å². The van der Waals surface area contributed by atoms with E-state index >= 15 is 0 Å². The van der Waals surface area contributed by atoms with Gasteiger partial charge in [0.25, 0.3) is 5.91 Å². The summed E-state index contributed by atoms with van der Waals surface area (Å²) in [7, 11) is 0. The van der Waals surface area contributed by atoms with Crippen molar-refractivity contribution >= 4 is 29.1 Å². The van der Waals surface area contributed by atoms with Gasteiger partial charge >= 0.3 is 0 Å². The molecular formula is C21H22FN3O3. The van der Waals surface area contributed by atoms with E-state index in [-0.39, 0.29) is 36.5 Å². The largest absolute Gasteiger partial charge is 0.352 e. The van der Waals surface area contributed by atoms with E-state index in [4.69, 9.17) is 0 Å². The molecule has 28 heavy (non-hydrogen) atoms. The molecule has 0 radical (unpaired) electrons. The normalized spacial score (nSPS) is 16.1. The highest BCUT2D eigenvalue weighted by molar-refractivity contribution is 6.07. The minimum Gasteiger partial charge on any atom is -0.352 e. The Balaban J connectivity index is 1.70. The quantitative estimate of drug-likeness (QED) is 0.805. The Labute approximate surface area is 162 Å². The van der Waals surface area contributed by atoms with Gasteiger partial charge in [0.2, 0.25) is 11.8 Å². The van der Waals surface area contributed by atoms with E-state index < -0.39 is 5.92 Å². The van der Waals surface area contributed by atoms with Gasteiger partial charge in [0.1, 0.15) is 5.82 Å². The number of halogens is 1. The SMILES string of the molecule is CCCNC(=O)c1ccccc1NC(=O)[C@H]1CC(=O)N(c2ccc(F)cc2)C1. The van der Waals surface area contributed by atoms with Gasteiger partial charge in [-0.05, 0) is 42.8 Å². The number of nitrogens with zero attached hydrogens (tertiary/aromatic N) is 1. The number of anilines is 2. The van der Waals surface area contributed by atoms with Crippen LogP contribution in [0, 0.1) is 11.7 Å². The Kier molecular flexibility index (Phi) is 6.03. The number of nitrogens with one attached hydrogen (secondary N) is 2. The number of para-hydroxylation sites is 1. The number of hydrogen-bond acceptors (Lipinski definition) is 3. The molecule has 1 aliphatic rings. The van der Waals surface area contributed by atoms with Crippen molar-refractivity contribution in [2.45, 2.75) is 19.8 Å². The van der Waals surface area contributed by atoms with Gasteiger partial charge in [-0.1, -0.05) is 19.1 Å². The molecule has 1 fully saturated rings. The zero-order valence-electron chi connectivity index (χ0n) is 15.6. The van der Waals surface area contributed by atoms with E-state index in [0.717, 1.165) is 6.42 Å². The molecule has 0 aromatic heterocycles. The summed E-state index contributed by atoms with van der Waals surface area (Å²) < 4.78 is 13.1. The Bertz CT molecular complexity index is 883. The molecule has 6 nitrogen and oxygen atoms in total. The Morgan fingerprint density at radius 1 is 1.14 bits per heavy atom. The van der Waals surface area contributed by atoms with Gasteiger partial charge in [0, 0.05) is 25.2 Å². The van der Waals surface area contributed by atoms with Crippen LogP contribution in [0.3, 0.4) is 0 Å². The summed E-state index contributed by atoms with van der Waals surface area (Å²) in [6.45, 7) is 2.71. The van der Waals surface area contributed by atoms with Crippen LogP contribution in [0.5, 0.6) is 0 Å². The van der Waals surface area contributed by atoms with Crippen molar-refractivity contribution in [3.63, 3.8) is 0 Å². The Morgan fingerprint density at radius 2 is 1.86 bits per heavy atom. The van der Waals surface area contributed by atoms with Gasteiger partial charge in [-0.2, -0.15) is 0 Å². The second-order valence-electron chi connectivity index (χ2n) is 6.67. The van der Waals surface area contributed by atoms with Gasteiger partial charge < -0.3 is 15.5 Å². The number of carbonyl (C=O) groups is 3. The summed E-state index contributed by atoms with van der Waals surface area (Å²) >= 11 is 0. The predicted octanol–water partition coefficient (Wildman–Crippen LogP) is 2.96. The molecule has 7 heteroatoms. The molecule has 0 saturated carbocycles. The van der Waals surface area contributed by atoms with Crippen LogP contribution in [-0.4, -0.2) is 30.8 Å². The molecule has 0 unspecified atom stereocenters. The predicted molar refractivity (Wildman–Crippen MR) is 105 cm³/mol. The fourth-order valence-corrected chi connectivity index (χ4v) is 3.11. The molecular weight excluding hydrogens is 361 g/mol. The van der Waals surface area contributed by atoms with Crippen LogP contribution < -0.4 is 15.5 Å². The van der Waals surface area contributed by atoms with E-state index in [1.807, 2.05) is 6.92 Å². The van der Waals surface area contributed by atoms with Crippen LogP contribution in [0.2, 0.25) is 0 Å².